The van der Waals surface area contributed by atoms with Crippen LogP contribution >= 0.6 is 0 Å². The van der Waals surface area contributed by atoms with Crippen LogP contribution in [0.15, 0.2) is 12.2 Å². The van der Waals surface area contributed by atoms with Gasteiger partial charge in [-0.2, -0.15) is 0 Å². The summed E-state index contributed by atoms with van der Waals surface area (Å²) in [6, 6.07) is 0.958. The lowest BCUT2D eigenvalue weighted by atomic mass is 9.89. The van der Waals surface area contributed by atoms with Crippen LogP contribution in [-0.4, -0.2) is 31.8 Å². The van der Waals surface area contributed by atoms with E-state index in [1.165, 1.54) is 12.8 Å². The second kappa shape index (κ2) is 4.43. The van der Waals surface area contributed by atoms with Gasteiger partial charge in [0.2, 0.25) is 0 Å². The summed E-state index contributed by atoms with van der Waals surface area (Å²) >= 11 is 0. The van der Waals surface area contributed by atoms with Gasteiger partial charge in [-0.05, 0) is 25.2 Å². The Labute approximate surface area is 85.7 Å². The molecule has 0 aromatic rings. The fourth-order valence-electron chi connectivity index (χ4n) is 2.20. The first-order valence-corrected chi connectivity index (χ1v) is 5.48. The van der Waals surface area contributed by atoms with Crippen LogP contribution in [0.4, 0.5) is 0 Å². The third kappa shape index (κ3) is 2.35. The third-order valence-corrected chi connectivity index (χ3v) is 3.30. The fraction of sp³-hybridized carbons (Fsp3) is 0.818. The van der Waals surface area contributed by atoms with E-state index in [0.717, 1.165) is 13.0 Å². The molecule has 0 spiro atoms. The van der Waals surface area contributed by atoms with Crippen molar-refractivity contribution in [1.29, 1.82) is 0 Å². The summed E-state index contributed by atoms with van der Waals surface area (Å²) in [7, 11) is 1.79. The van der Waals surface area contributed by atoms with Crippen LogP contribution in [0.5, 0.6) is 0 Å². The fourth-order valence-corrected chi connectivity index (χ4v) is 2.20. The third-order valence-electron chi connectivity index (χ3n) is 3.30. The largest absolute Gasteiger partial charge is 0.381 e. The normalized spacial score (nSPS) is 41.3. The van der Waals surface area contributed by atoms with E-state index >= 15 is 0 Å². The van der Waals surface area contributed by atoms with Gasteiger partial charge in [-0.25, -0.2) is 0 Å². The highest BCUT2D eigenvalue weighted by atomic mass is 16.5. The molecule has 14 heavy (non-hydrogen) atoms. The molecule has 2 rings (SSSR count). The van der Waals surface area contributed by atoms with E-state index in [0.29, 0.717) is 18.1 Å². The zero-order valence-corrected chi connectivity index (χ0v) is 8.78. The van der Waals surface area contributed by atoms with Crippen LogP contribution in [0.25, 0.3) is 0 Å². The number of ether oxygens (including phenoxy) is 1. The van der Waals surface area contributed by atoms with Gasteiger partial charge in [0.1, 0.15) is 0 Å². The van der Waals surface area contributed by atoms with Gasteiger partial charge in [0, 0.05) is 25.7 Å². The lowest BCUT2D eigenvalue weighted by Gasteiger charge is -2.35. The maximum absolute atomic E-state index is 5.79. The summed E-state index contributed by atoms with van der Waals surface area (Å²) in [6.07, 6.45) is 8.29. The number of nitrogens with two attached hydrogens (primary N) is 1. The number of hydrogen-bond donors (Lipinski definition) is 2. The molecule has 1 saturated carbocycles. The van der Waals surface area contributed by atoms with Gasteiger partial charge in [-0.3, -0.25) is 0 Å². The minimum Gasteiger partial charge on any atom is -0.381 e. The summed E-state index contributed by atoms with van der Waals surface area (Å²) in [5, 5.41) is 3.56. The van der Waals surface area contributed by atoms with Crippen LogP contribution in [0.1, 0.15) is 19.3 Å². The van der Waals surface area contributed by atoms with E-state index in [2.05, 4.69) is 17.5 Å². The molecule has 0 radical (unpaired) electrons. The Balaban J connectivity index is 1.58. The molecular formula is C11H20N2O. The molecule has 2 atom stereocenters. The van der Waals surface area contributed by atoms with Gasteiger partial charge in [0.15, 0.2) is 0 Å². The highest BCUT2D eigenvalue weighted by molar-refractivity contribution is 5.05. The SMILES string of the molecule is COC1CC(NCC2C=CC(N)C2)C1. The maximum Gasteiger partial charge on any atom is 0.0601 e. The van der Waals surface area contributed by atoms with E-state index in [1.807, 2.05) is 0 Å². The van der Waals surface area contributed by atoms with Crippen molar-refractivity contribution in [2.24, 2.45) is 11.7 Å². The maximum atomic E-state index is 5.79. The molecule has 0 aliphatic heterocycles. The first kappa shape index (κ1) is 10.1. The molecule has 1 fully saturated rings. The molecule has 3 nitrogen and oxygen atoms in total. The number of nitrogens with one attached hydrogen (secondary N) is 1. The standard InChI is InChI=1S/C11H20N2O/c1-14-11-5-10(6-11)13-7-8-2-3-9(12)4-8/h2-3,8-11,13H,4-7,12H2,1H3. The summed E-state index contributed by atoms with van der Waals surface area (Å²) in [5.41, 5.74) is 5.79. The quantitative estimate of drug-likeness (QED) is 0.649. The molecule has 0 amide bonds. The predicted octanol–water partition coefficient (Wildman–Crippen LogP) is 0.657. The number of rotatable bonds is 4. The Bertz CT molecular complexity index is 211. The van der Waals surface area contributed by atoms with Crippen molar-refractivity contribution in [3.63, 3.8) is 0 Å². The number of hydrogen-bond acceptors (Lipinski definition) is 3. The van der Waals surface area contributed by atoms with Gasteiger partial charge in [0.25, 0.3) is 0 Å². The second-order valence-electron chi connectivity index (χ2n) is 4.48. The predicted molar refractivity (Wildman–Crippen MR) is 57.0 cm³/mol. The molecule has 2 unspecified atom stereocenters. The molecule has 0 bridgehead atoms. The van der Waals surface area contributed by atoms with Crippen molar-refractivity contribution in [3.05, 3.63) is 12.2 Å². The summed E-state index contributed by atoms with van der Waals surface area (Å²) in [6.45, 7) is 1.07. The second-order valence-corrected chi connectivity index (χ2v) is 4.48. The first-order valence-electron chi connectivity index (χ1n) is 5.48. The molecule has 3 heteroatoms. The van der Waals surface area contributed by atoms with Crippen LogP contribution in [0.3, 0.4) is 0 Å². The van der Waals surface area contributed by atoms with E-state index in [-0.39, 0.29) is 6.04 Å². The Morgan fingerprint density at radius 2 is 2.14 bits per heavy atom. The topological polar surface area (TPSA) is 47.3 Å². The van der Waals surface area contributed by atoms with Crippen LogP contribution < -0.4 is 11.1 Å². The highest BCUT2D eigenvalue weighted by Gasteiger charge is 2.29. The lowest BCUT2D eigenvalue weighted by molar-refractivity contribution is 0.0169. The van der Waals surface area contributed by atoms with Crippen molar-refractivity contribution in [2.45, 2.75) is 37.5 Å². The molecule has 0 aromatic heterocycles. The smallest absolute Gasteiger partial charge is 0.0601 e. The van der Waals surface area contributed by atoms with Gasteiger partial charge < -0.3 is 15.8 Å². The lowest BCUT2D eigenvalue weighted by Crippen LogP contribution is -2.46. The summed E-state index contributed by atoms with van der Waals surface area (Å²) in [5.74, 6) is 0.645. The summed E-state index contributed by atoms with van der Waals surface area (Å²) in [4.78, 5) is 0. The highest BCUT2D eigenvalue weighted by Crippen LogP contribution is 2.23. The molecular weight excluding hydrogens is 176 g/mol. The Morgan fingerprint density at radius 1 is 1.36 bits per heavy atom. The summed E-state index contributed by atoms with van der Waals surface area (Å²) < 4.78 is 5.23. The zero-order chi connectivity index (χ0) is 9.97. The number of methoxy groups -OCH3 is 1. The monoisotopic (exact) mass is 196 g/mol. The zero-order valence-electron chi connectivity index (χ0n) is 8.78. The van der Waals surface area contributed by atoms with Gasteiger partial charge >= 0.3 is 0 Å². The minimum atomic E-state index is 0.287. The molecule has 80 valence electrons. The van der Waals surface area contributed by atoms with Crippen molar-refractivity contribution >= 4 is 0 Å². The molecule has 0 heterocycles. The van der Waals surface area contributed by atoms with E-state index in [1.54, 1.807) is 7.11 Å². The molecule has 0 saturated heterocycles. The van der Waals surface area contributed by atoms with Crippen LogP contribution in [0, 0.1) is 5.92 Å². The van der Waals surface area contributed by atoms with Crippen molar-refractivity contribution in [3.8, 4) is 0 Å². The van der Waals surface area contributed by atoms with Crippen molar-refractivity contribution < 1.29 is 4.74 Å². The van der Waals surface area contributed by atoms with Gasteiger partial charge in [-0.1, -0.05) is 12.2 Å². The Morgan fingerprint density at radius 3 is 2.71 bits per heavy atom. The van der Waals surface area contributed by atoms with Crippen molar-refractivity contribution in [1.82, 2.24) is 5.32 Å². The molecule has 0 aromatic carbocycles. The minimum absolute atomic E-state index is 0.287. The van der Waals surface area contributed by atoms with Gasteiger partial charge in [0.05, 0.1) is 6.10 Å². The van der Waals surface area contributed by atoms with E-state index in [4.69, 9.17) is 10.5 Å². The van der Waals surface area contributed by atoms with Gasteiger partial charge in [-0.15, -0.1) is 0 Å². The molecule has 2 aliphatic carbocycles. The Hall–Kier alpha value is -0.380. The average Bonchev–Trinajstić information content (AvgIpc) is 2.49. The first-order chi connectivity index (χ1) is 6.78. The Kier molecular flexibility index (Phi) is 3.21. The molecule has 3 N–H and O–H groups in total. The van der Waals surface area contributed by atoms with E-state index in [9.17, 15) is 0 Å². The van der Waals surface area contributed by atoms with E-state index < -0.39 is 0 Å². The van der Waals surface area contributed by atoms with Crippen LogP contribution in [0.2, 0.25) is 0 Å². The molecule has 2 aliphatic rings. The van der Waals surface area contributed by atoms with Crippen LogP contribution in [-0.2, 0) is 4.74 Å². The van der Waals surface area contributed by atoms with Crippen molar-refractivity contribution in [2.75, 3.05) is 13.7 Å². The average molecular weight is 196 g/mol.